The van der Waals surface area contributed by atoms with E-state index >= 15 is 0 Å². The molecule has 1 unspecified atom stereocenters. The van der Waals surface area contributed by atoms with Gasteiger partial charge in [-0.05, 0) is 17.7 Å². The largest absolute Gasteiger partial charge is 0.490 e. The Labute approximate surface area is 111 Å². The van der Waals surface area contributed by atoms with Gasteiger partial charge in [-0.1, -0.05) is 30.3 Å². The van der Waals surface area contributed by atoms with Crippen LogP contribution in [0.1, 0.15) is 11.7 Å². The Bertz CT molecular complexity index is 553. The minimum Gasteiger partial charge on any atom is -0.490 e. The molecule has 1 aliphatic rings. The van der Waals surface area contributed by atoms with Crippen LogP contribution in [0.25, 0.3) is 0 Å². The summed E-state index contributed by atoms with van der Waals surface area (Å²) in [6, 6.07) is 14.8. The van der Waals surface area contributed by atoms with Gasteiger partial charge in [0.2, 0.25) is 6.79 Å². The van der Waals surface area contributed by atoms with Crippen molar-refractivity contribution in [2.75, 3.05) is 13.4 Å². The summed E-state index contributed by atoms with van der Waals surface area (Å²) in [7, 11) is 0. The summed E-state index contributed by atoms with van der Waals surface area (Å²) < 4.78 is 16.0. The van der Waals surface area contributed by atoms with E-state index in [-0.39, 0.29) is 13.4 Å². The van der Waals surface area contributed by atoms with Crippen molar-refractivity contribution >= 4 is 0 Å². The SMILES string of the molecule is OC(COc1ccc2c(c1)OCO2)c1ccccc1. The first-order valence-corrected chi connectivity index (χ1v) is 6.08. The molecule has 0 bridgehead atoms. The predicted molar refractivity (Wildman–Crippen MR) is 69.5 cm³/mol. The summed E-state index contributed by atoms with van der Waals surface area (Å²) in [6.45, 7) is 0.440. The Morgan fingerprint density at radius 2 is 1.84 bits per heavy atom. The fourth-order valence-electron chi connectivity index (χ4n) is 1.91. The number of rotatable bonds is 4. The molecule has 0 aliphatic carbocycles. The molecule has 1 aliphatic heterocycles. The van der Waals surface area contributed by atoms with Crippen LogP contribution in [0, 0.1) is 0 Å². The lowest BCUT2D eigenvalue weighted by atomic mass is 10.1. The molecule has 0 amide bonds. The minimum atomic E-state index is -0.647. The molecule has 1 N–H and O–H groups in total. The molecule has 0 aromatic heterocycles. The smallest absolute Gasteiger partial charge is 0.231 e. The highest BCUT2D eigenvalue weighted by molar-refractivity contribution is 5.46. The standard InChI is InChI=1S/C15H14O4/c16-13(11-4-2-1-3-5-11)9-17-12-6-7-14-15(8-12)19-10-18-14/h1-8,13,16H,9-10H2. The molecule has 4 nitrogen and oxygen atoms in total. The number of hydrogen-bond acceptors (Lipinski definition) is 4. The molecule has 0 fully saturated rings. The molecule has 2 aromatic carbocycles. The summed E-state index contributed by atoms with van der Waals surface area (Å²) in [6.07, 6.45) is -0.647. The van der Waals surface area contributed by atoms with Crippen LogP contribution in [0.2, 0.25) is 0 Å². The van der Waals surface area contributed by atoms with Crippen molar-refractivity contribution in [3.63, 3.8) is 0 Å². The van der Waals surface area contributed by atoms with Crippen LogP contribution in [-0.4, -0.2) is 18.5 Å². The van der Waals surface area contributed by atoms with E-state index in [9.17, 15) is 5.11 Å². The van der Waals surface area contributed by atoms with Crippen LogP contribution in [0.15, 0.2) is 48.5 Å². The van der Waals surface area contributed by atoms with Gasteiger partial charge in [0, 0.05) is 6.07 Å². The molecule has 19 heavy (non-hydrogen) atoms. The molecular formula is C15H14O4. The van der Waals surface area contributed by atoms with Crippen molar-refractivity contribution in [2.24, 2.45) is 0 Å². The Hall–Kier alpha value is -2.20. The van der Waals surface area contributed by atoms with Gasteiger partial charge in [0.05, 0.1) is 0 Å². The molecule has 0 radical (unpaired) electrons. The van der Waals surface area contributed by atoms with Gasteiger partial charge < -0.3 is 19.3 Å². The summed E-state index contributed by atoms with van der Waals surface area (Å²) >= 11 is 0. The highest BCUT2D eigenvalue weighted by atomic mass is 16.7. The van der Waals surface area contributed by atoms with Gasteiger partial charge in [0.15, 0.2) is 11.5 Å². The summed E-state index contributed by atoms with van der Waals surface area (Å²) in [5.41, 5.74) is 0.836. The zero-order chi connectivity index (χ0) is 13.1. The van der Waals surface area contributed by atoms with Gasteiger partial charge in [0.1, 0.15) is 18.5 Å². The lowest BCUT2D eigenvalue weighted by molar-refractivity contribution is 0.108. The van der Waals surface area contributed by atoms with Gasteiger partial charge in [-0.25, -0.2) is 0 Å². The quantitative estimate of drug-likeness (QED) is 0.915. The maximum atomic E-state index is 9.99. The Kier molecular flexibility index (Phi) is 3.25. The molecule has 0 saturated heterocycles. The summed E-state index contributed by atoms with van der Waals surface area (Å²) in [5.74, 6) is 2.04. The molecule has 3 rings (SSSR count). The Morgan fingerprint density at radius 3 is 2.68 bits per heavy atom. The monoisotopic (exact) mass is 258 g/mol. The third-order valence-electron chi connectivity index (χ3n) is 2.94. The summed E-state index contributed by atoms with van der Waals surface area (Å²) in [4.78, 5) is 0. The Morgan fingerprint density at radius 1 is 1.05 bits per heavy atom. The molecule has 2 aromatic rings. The average molecular weight is 258 g/mol. The molecular weight excluding hydrogens is 244 g/mol. The molecule has 1 atom stereocenters. The predicted octanol–water partition coefficient (Wildman–Crippen LogP) is 2.53. The lowest BCUT2D eigenvalue weighted by Crippen LogP contribution is -2.09. The molecule has 98 valence electrons. The highest BCUT2D eigenvalue weighted by Gasteiger charge is 2.14. The van der Waals surface area contributed by atoms with Crippen molar-refractivity contribution in [1.82, 2.24) is 0 Å². The zero-order valence-electron chi connectivity index (χ0n) is 10.3. The Balaban J connectivity index is 1.63. The van der Waals surface area contributed by atoms with Crippen molar-refractivity contribution in [1.29, 1.82) is 0 Å². The first kappa shape index (κ1) is 11.9. The van der Waals surface area contributed by atoms with E-state index < -0.39 is 6.10 Å². The first-order valence-electron chi connectivity index (χ1n) is 6.08. The fourth-order valence-corrected chi connectivity index (χ4v) is 1.91. The van der Waals surface area contributed by atoms with Gasteiger partial charge in [0.25, 0.3) is 0 Å². The maximum Gasteiger partial charge on any atom is 0.231 e. The first-order chi connectivity index (χ1) is 9.33. The number of hydrogen-bond donors (Lipinski definition) is 1. The van der Waals surface area contributed by atoms with E-state index in [1.807, 2.05) is 30.3 Å². The number of ether oxygens (including phenoxy) is 3. The number of aliphatic hydroxyl groups excluding tert-OH is 1. The molecule has 0 spiro atoms. The van der Waals surface area contributed by atoms with Crippen LogP contribution in [0.5, 0.6) is 17.2 Å². The second-order valence-corrected chi connectivity index (χ2v) is 4.25. The van der Waals surface area contributed by atoms with Crippen LogP contribution in [0.3, 0.4) is 0 Å². The topological polar surface area (TPSA) is 47.9 Å². The number of aliphatic hydroxyl groups is 1. The van der Waals surface area contributed by atoms with E-state index in [4.69, 9.17) is 14.2 Å². The molecule has 1 heterocycles. The van der Waals surface area contributed by atoms with E-state index in [0.717, 1.165) is 11.3 Å². The van der Waals surface area contributed by atoms with Gasteiger partial charge in [-0.3, -0.25) is 0 Å². The van der Waals surface area contributed by atoms with Crippen LogP contribution < -0.4 is 14.2 Å². The van der Waals surface area contributed by atoms with Gasteiger partial charge >= 0.3 is 0 Å². The third-order valence-corrected chi connectivity index (χ3v) is 2.94. The second-order valence-electron chi connectivity index (χ2n) is 4.25. The van der Waals surface area contributed by atoms with Crippen molar-refractivity contribution in [3.8, 4) is 17.2 Å². The second kappa shape index (κ2) is 5.20. The maximum absolute atomic E-state index is 9.99. The normalized spacial score (nSPS) is 14.2. The van der Waals surface area contributed by atoms with Crippen molar-refractivity contribution < 1.29 is 19.3 Å². The van der Waals surface area contributed by atoms with E-state index in [2.05, 4.69) is 0 Å². The molecule has 0 saturated carbocycles. The van der Waals surface area contributed by atoms with Crippen LogP contribution >= 0.6 is 0 Å². The average Bonchev–Trinajstić information content (AvgIpc) is 2.93. The lowest BCUT2D eigenvalue weighted by Gasteiger charge is -2.12. The minimum absolute atomic E-state index is 0.198. The highest BCUT2D eigenvalue weighted by Crippen LogP contribution is 2.35. The number of fused-ring (bicyclic) bond motifs is 1. The van der Waals surface area contributed by atoms with Crippen LogP contribution in [-0.2, 0) is 0 Å². The van der Waals surface area contributed by atoms with Crippen LogP contribution in [0.4, 0.5) is 0 Å². The van der Waals surface area contributed by atoms with E-state index in [1.165, 1.54) is 0 Å². The summed E-state index contributed by atoms with van der Waals surface area (Å²) in [5, 5.41) is 9.99. The van der Waals surface area contributed by atoms with Gasteiger partial charge in [-0.15, -0.1) is 0 Å². The number of benzene rings is 2. The van der Waals surface area contributed by atoms with Crippen molar-refractivity contribution in [2.45, 2.75) is 6.10 Å². The van der Waals surface area contributed by atoms with E-state index in [1.54, 1.807) is 18.2 Å². The van der Waals surface area contributed by atoms with Gasteiger partial charge in [-0.2, -0.15) is 0 Å². The third kappa shape index (κ3) is 2.63. The fraction of sp³-hybridized carbons (Fsp3) is 0.200. The zero-order valence-corrected chi connectivity index (χ0v) is 10.3. The van der Waals surface area contributed by atoms with Crippen molar-refractivity contribution in [3.05, 3.63) is 54.1 Å². The van der Waals surface area contributed by atoms with E-state index in [0.29, 0.717) is 11.5 Å². The molecule has 4 heteroatoms.